The fourth-order valence-electron chi connectivity index (χ4n) is 1.94. The summed E-state index contributed by atoms with van der Waals surface area (Å²) in [4.78, 5) is 3.94. The van der Waals surface area contributed by atoms with Gasteiger partial charge in [0, 0.05) is 18.4 Å². The summed E-state index contributed by atoms with van der Waals surface area (Å²) < 4.78 is 26.0. The Balaban J connectivity index is 2.04. The van der Waals surface area contributed by atoms with Gasteiger partial charge >= 0.3 is 0 Å². The zero-order valence-corrected chi connectivity index (χ0v) is 10.3. The van der Waals surface area contributed by atoms with E-state index in [1.54, 1.807) is 18.5 Å². The molecule has 1 unspecified atom stereocenters. The van der Waals surface area contributed by atoms with Crippen LogP contribution < -0.4 is 11.3 Å². The van der Waals surface area contributed by atoms with Crippen LogP contribution in [0, 0.1) is 11.6 Å². The fourth-order valence-corrected chi connectivity index (χ4v) is 1.94. The van der Waals surface area contributed by atoms with Crippen molar-refractivity contribution in [1.82, 2.24) is 10.4 Å². The number of nitrogens with one attached hydrogen (secondary N) is 1. The number of rotatable bonds is 5. The van der Waals surface area contributed by atoms with Crippen LogP contribution >= 0.6 is 0 Å². The van der Waals surface area contributed by atoms with Gasteiger partial charge in [-0.15, -0.1) is 0 Å². The Labute approximate surface area is 110 Å². The summed E-state index contributed by atoms with van der Waals surface area (Å²) in [5.74, 6) is 3.83. The minimum Gasteiger partial charge on any atom is -0.271 e. The van der Waals surface area contributed by atoms with Gasteiger partial charge in [-0.25, -0.2) is 8.78 Å². The second-order valence-corrected chi connectivity index (χ2v) is 4.38. The average Bonchev–Trinajstić information content (AvgIpc) is 2.43. The maximum Gasteiger partial charge on any atom is 0.159 e. The van der Waals surface area contributed by atoms with Gasteiger partial charge in [-0.3, -0.25) is 16.3 Å². The molecule has 2 rings (SSSR count). The zero-order valence-electron chi connectivity index (χ0n) is 10.3. The Bertz CT molecular complexity index is 531. The van der Waals surface area contributed by atoms with E-state index in [0.29, 0.717) is 18.4 Å². The molecule has 0 amide bonds. The minimum absolute atomic E-state index is 0.0488. The number of benzene rings is 1. The quantitative estimate of drug-likeness (QED) is 0.640. The topological polar surface area (TPSA) is 50.9 Å². The van der Waals surface area contributed by atoms with Crippen molar-refractivity contribution in [2.45, 2.75) is 18.9 Å². The van der Waals surface area contributed by atoms with Gasteiger partial charge in [0.05, 0.1) is 0 Å². The molecule has 2 aromatic rings. The van der Waals surface area contributed by atoms with E-state index in [1.807, 2.05) is 12.1 Å². The molecule has 0 aliphatic carbocycles. The number of hydrogen-bond acceptors (Lipinski definition) is 3. The fraction of sp³-hybridized carbons (Fsp3) is 0.214. The van der Waals surface area contributed by atoms with E-state index >= 15 is 0 Å². The van der Waals surface area contributed by atoms with Gasteiger partial charge in [0.1, 0.15) is 0 Å². The number of hydrazine groups is 1. The van der Waals surface area contributed by atoms with Crippen molar-refractivity contribution in [3.8, 4) is 0 Å². The molecule has 100 valence electrons. The first-order valence-electron chi connectivity index (χ1n) is 5.98. The predicted molar refractivity (Wildman–Crippen MR) is 69.1 cm³/mol. The van der Waals surface area contributed by atoms with Crippen LogP contribution in [0.4, 0.5) is 8.78 Å². The van der Waals surface area contributed by atoms with E-state index in [2.05, 4.69) is 10.4 Å². The Kier molecular flexibility index (Phi) is 4.54. The van der Waals surface area contributed by atoms with Crippen molar-refractivity contribution in [3.63, 3.8) is 0 Å². The smallest absolute Gasteiger partial charge is 0.159 e. The number of nitrogens with two attached hydrogens (primary N) is 1. The molecule has 3 nitrogen and oxygen atoms in total. The predicted octanol–water partition coefficient (Wildman–Crippen LogP) is 1.98. The third-order valence-corrected chi connectivity index (χ3v) is 2.93. The van der Waals surface area contributed by atoms with Crippen molar-refractivity contribution in [3.05, 3.63) is 65.5 Å². The van der Waals surface area contributed by atoms with Gasteiger partial charge in [-0.1, -0.05) is 6.07 Å². The summed E-state index contributed by atoms with van der Waals surface area (Å²) in [6, 6.07) is 7.64. The first-order valence-corrected chi connectivity index (χ1v) is 5.98. The second-order valence-electron chi connectivity index (χ2n) is 4.38. The summed E-state index contributed by atoms with van der Waals surface area (Å²) in [5, 5.41) is 0. The monoisotopic (exact) mass is 263 g/mol. The maximum absolute atomic E-state index is 13.1. The van der Waals surface area contributed by atoms with Crippen LogP contribution in [0.15, 0.2) is 42.7 Å². The lowest BCUT2D eigenvalue weighted by Gasteiger charge is -2.16. The molecule has 19 heavy (non-hydrogen) atoms. The van der Waals surface area contributed by atoms with E-state index in [1.165, 1.54) is 6.07 Å². The normalized spacial score (nSPS) is 12.4. The highest BCUT2D eigenvalue weighted by Gasteiger charge is 2.10. The molecule has 1 heterocycles. The Morgan fingerprint density at radius 3 is 2.32 bits per heavy atom. The van der Waals surface area contributed by atoms with Crippen LogP contribution in [0.25, 0.3) is 0 Å². The molecular formula is C14H15F2N3. The summed E-state index contributed by atoms with van der Waals surface area (Å²) in [6.45, 7) is 0. The van der Waals surface area contributed by atoms with Crippen LogP contribution in [-0.4, -0.2) is 11.0 Å². The molecule has 0 radical (unpaired) electrons. The molecule has 1 atom stereocenters. The molecule has 0 saturated heterocycles. The average molecular weight is 263 g/mol. The van der Waals surface area contributed by atoms with Gasteiger partial charge in [0.25, 0.3) is 0 Å². The van der Waals surface area contributed by atoms with Gasteiger partial charge in [0.2, 0.25) is 0 Å². The molecule has 1 aromatic heterocycles. The second kappa shape index (κ2) is 6.36. The highest BCUT2D eigenvalue weighted by Crippen LogP contribution is 2.12. The molecule has 0 aliphatic rings. The SMILES string of the molecule is NNC(Cc1ccncc1)Cc1ccc(F)c(F)c1. The summed E-state index contributed by atoms with van der Waals surface area (Å²) >= 11 is 0. The molecule has 0 saturated carbocycles. The number of pyridine rings is 1. The lowest BCUT2D eigenvalue weighted by Crippen LogP contribution is -2.38. The van der Waals surface area contributed by atoms with Crippen LogP contribution in [0.2, 0.25) is 0 Å². The first kappa shape index (κ1) is 13.6. The summed E-state index contributed by atoms with van der Waals surface area (Å²) in [7, 11) is 0. The number of hydrogen-bond donors (Lipinski definition) is 2. The minimum atomic E-state index is -0.838. The van der Waals surface area contributed by atoms with Gasteiger partial charge in [0.15, 0.2) is 11.6 Å². The van der Waals surface area contributed by atoms with Crippen molar-refractivity contribution in [2.75, 3.05) is 0 Å². The van der Waals surface area contributed by atoms with E-state index in [9.17, 15) is 8.78 Å². The highest BCUT2D eigenvalue weighted by atomic mass is 19.2. The van der Waals surface area contributed by atoms with Crippen LogP contribution in [0.1, 0.15) is 11.1 Å². The van der Waals surface area contributed by atoms with Crippen LogP contribution in [-0.2, 0) is 12.8 Å². The van der Waals surface area contributed by atoms with Crippen molar-refractivity contribution in [2.24, 2.45) is 5.84 Å². The van der Waals surface area contributed by atoms with Crippen LogP contribution in [0.5, 0.6) is 0 Å². The van der Waals surface area contributed by atoms with E-state index in [4.69, 9.17) is 5.84 Å². The first-order chi connectivity index (χ1) is 9.19. The van der Waals surface area contributed by atoms with Gasteiger partial charge in [-0.2, -0.15) is 0 Å². The highest BCUT2D eigenvalue weighted by molar-refractivity contribution is 5.20. The molecule has 0 fully saturated rings. The number of halogens is 2. The van der Waals surface area contributed by atoms with Crippen molar-refractivity contribution in [1.29, 1.82) is 0 Å². The molecule has 0 aliphatic heterocycles. The summed E-state index contributed by atoms with van der Waals surface area (Å²) in [5.41, 5.74) is 4.48. The third-order valence-electron chi connectivity index (χ3n) is 2.93. The molecule has 0 spiro atoms. The van der Waals surface area contributed by atoms with Gasteiger partial charge in [-0.05, 0) is 48.2 Å². The number of nitrogens with zero attached hydrogens (tertiary/aromatic N) is 1. The lowest BCUT2D eigenvalue weighted by atomic mass is 10.00. The molecule has 5 heteroatoms. The number of aromatic nitrogens is 1. The Morgan fingerprint density at radius 1 is 1.00 bits per heavy atom. The van der Waals surface area contributed by atoms with E-state index < -0.39 is 11.6 Å². The van der Waals surface area contributed by atoms with Crippen LogP contribution in [0.3, 0.4) is 0 Å². The zero-order chi connectivity index (χ0) is 13.7. The summed E-state index contributed by atoms with van der Waals surface area (Å²) in [6.07, 6.45) is 4.63. The molecule has 1 aromatic carbocycles. The van der Waals surface area contributed by atoms with E-state index in [-0.39, 0.29) is 6.04 Å². The Morgan fingerprint density at radius 2 is 1.68 bits per heavy atom. The largest absolute Gasteiger partial charge is 0.271 e. The van der Waals surface area contributed by atoms with Crippen molar-refractivity contribution < 1.29 is 8.78 Å². The molecular weight excluding hydrogens is 248 g/mol. The molecule has 0 bridgehead atoms. The molecule has 3 N–H and O–H groups in total. The standard InChI is InChI=1S/C14H15F2N3/c15-13-2-1-11(9-14(13)16)8-12(19-17)7-10-3-5-18-6-4-10/h1-6,9,12,19H,7-8,17H2. The van der Waals surface area contributed by atoms with Crippen molar-refractivity contribution >= 4 is 0 Å². The maximum atomic E-state index is 13.1. The third kappa shape index (κ3) is 3.81. The lowest BCUT2D eigenvalue weighted by molar-refractivity contribution is 0.498. The van der Waals surface area contributed by atoms with Gasteiger partial charge < -0.3 is 0 Å². The van der Waals surface area contributed by atoms with E-state index in [0.717, 1.165) is 11.6 Å². The Hall–Kier alpha value is -1.85.